The fourth-order valence-electron chi connectivity index (χ4n) is 6.27. The average Bonchev–Trinajstić information content (AvgIpc) is 2.10. The van der Waals surface area contributed by atoms with Crippen LogP contribution in [-0.2, 0) is 4.79 Å². The van der Waals surface area contributed by atoms with Crippen LogP contribution in [0, 0.1) is 22.2 Å². The van der Waals surface area contributed by atoms with Crippen molar-refractivity contribution in [1.82, 2.24) is 5.43 Å². The van der Waals surface area contributed by atoms with E-state index in [1.807, 2.05) is 0 Å². The minimum Gasteiger partial charge on any atom is -0.294 e. The quantitative estimate of drug-likeness (QED) is 0.439. The third-order valence-electron chi connectivity index (χ3n) is 5.44. The zero-order valence-electron chi connectivity index (χ0n) is 11.0. The maximum atomic E-state index is 11.7. The Kier molecular flexibility index (Phi) is 2.20. The number of carbonyl (C=O) groups is 1. The van der Waals surface area contributed by atoms with Gasteiger partial charge in [0.25, 0.3) is 0 Å². The van der Waals surface area contributed by atoms with E-state index in [0.717, 1.165) is 5.92 Å². The molecular weight excluding hydrogens is 212 g/mol. The maximum absolute atomic E-state index is 11.7. The standard InChI is InChI=1S/C14H24N2O/c1-12-3-10-4-13(2,7-12)9-14(5-10,8-12)6-11(17)16-15/h10H,3-9,15H2,1-2H3,(H,16,17). The van der Waals surface area contributed by atoms with Crippen LogP contribution in [-0.4, -0.2) is 5.91 Å². The smallest absolute Gasteiger partial charge is 0.234 e. The second kappa shape index (κ2) is 3.25. The summed E-state index contributed by atoms with van der Waals surface area (Å²) in [5.41, 5.74) is 3.56. The molecule has 0 aromatic heterocycles. The average molecular weight is 236 g/mol. The Bertz CT molecular complexity index is 347. The first-order chi connectivity index (χ1) is 7.86. The van der Waals surface area contributed by atoms with Crippen LogP contribution in [0.15, 0.2) is 0 Å². The number of amides is 1. The van der Waals surface area contributed by atoms with Crippen molar-refractivity contribution in [2.45, 2.75) is 58.8 Å². The fraction of sp³-hybridized carbons (Fsp3) is 0.929. The second-order valence-electron chi connectivity index (χ2n) is 7.87. The van der Waals surface area contributed by atoms with Crippen molar-refractivity contribution in [3.8, 4) is 0 Å². The van der Waals surface area contributed by atoms with Gasteiger partial charge in [-0.1, -0.05) is 13.8 Å². The van der Waals surface area contributed by atoms with Crippen molar-refractivity contribution in [3.05, 3.63) is 0 Å². The molecule has 0 radical (unpaired) electrons. The Balaban J connectivity index is 1.89. The highest BCUT2D eigenvalue weighted by Gasteiger charge is 2.60. The Morgan fingerprint density at radius 1 is 1.18 bits per heavy atom. The number of nitrogens with one attached hydrogen (secondary N) is 1. The maximum Gasteiger partial charge on any atom is 0.234 e. The van der Waals surface area contributed by atoms with Crippen molar-refractivity contribution >= 4 is 5.91 Å². The van der Waals surface area contributed by atoms with Gasteiger partial charge in [-0.05, 0) is 60.7 Å². The van der Waals surface area contributed by atoms with Gasteiger partial charge in [0, 0.05) is 6.42 Å². The molecular formula is C14H24N2O. The molecule has 3 N–H and O–H groups in total. The van der Waals surface area contributed by atoms with Crippen LogP contribution < -0.4 is 11.3 Å². The van der Waals surface area contributed by atoms with Crippen molar-refractivity contribution < 1.29 is 4.79 Å². The van der Waals surface area contributed by atoms with E-state index in [9.17, 15) is 4.79 Å². The van der Waals surface area contributed by atoms with E-state index >= 15 is 0 Å². The molecule has 0 spiro atoms. The Morgan fingerprint density at radius 2 is 1.76 bits per heavy atom. The van der Waals surface area contributed by atoms with Crippen molar-refractivity contribution in [2.24, 2.45) is 28.0 Å². The molecule has 2 atom stereocenters. The highest BCUT2D eigenvalue weighted by atomic mass is 16.2. The van der Waals surface area contributed by atoms with Gasteiger partial charge in [-0.25, -0.2) is 5.84 Å². The van der Waals surface area contributed by atoms with Crippen LogP contribution in [0.25, 0.3) is 0 Å². The predicted molar refractivity (Wildman–Crippen MR) is 66.8 cm³/mol. The molecule has 0 aliphatic heterocycles. The van der Waals surface area contributed by atoms with Gasteiger partial charge in [0.2, 0.25) is 5.91 Å². The van der Waals surface area contributed by atoms with Crippen LogP contribution in [0.4, 0.5) is 0 Å². The molecule has 0 aromatic rings. The molecule has 4 aliphatic carbocycles. The topological polar surface area (TPSA) is 55.1 Å². The third-order valence-corrected chi connectivity index (χ3v) is 5.44. The van der Waals surface area contributed by atoms with Gasteiger partial charge in [0.15, 0.2) is 0 Å². The van der Waals surface area contributed by atoms with E-state index in [2.05, 4.69) is 19.3 Å². The predicted octanol–water partition coefficient (Wildman–Crippen LogP) is 2.36. The first-order valence-electron chi connectivity index (χ1n) is 6.86. The number of hydrogen-bond donors (Lipinski definition) is 2. The van der Waals surface area contributed by atoms with E-state index in [4.69, 9.17) is 5.84 Å². The molecule has 4 bridgehead atoms. The van der Waals surface area contributed by atoms with E-state index in [-0.39, 0.29) is 11.3 Å². The van der Waals surface area contributed by atoms with Gasteiger partial charge in [-0.3, -0.25) is 10.2 Å². The lowest BCUT2D eigenvalue weighted by Crippen LogP contribution is -2.56. The monoisotopic (exact) mass is 236 g/mol. The number of hydrazine groups is 1. The summed E-state index contributed by atoms with van der Waals surface area (Å²) >= 11 is 0. The van der Waals surface area contributed by atoms with Crippen LogP contribution in [0.2, 0.25) is 0 Å². The Labute approximate surface area is 103 Å². The summed E-state index contributed by atoms with van der Waals surface area (Å²) in [6.07, 6.45) is 8.50. The number of rotatable bonds is 2. The lowest BCUT2D eigenvalue weighted by Gasteiger charge is -2.65. The summed E-state index contributed by atoms with van der Waals surface area (Å²) in [6, 6.07) is 0. The van der Waals surface area contributed by atoms with Gasteiger partial charge in [-0.15, -0.1) is 0 Å². The van der Waals surface area contributed by atoms with E-state index in [1.54, 1.807) is 0 Å². The molecule has 96 valence electrons. The van der Waals surface area contributed by atoms with Crippen LogP contribution in [0.5, 0.6) is 0 Å². The summed E-state index contributed by atoms with van der Waals surface area (Å²) in [5, 5.41) is 0. The van der Waals surface area contributed by atoms with Crippen molar-refractivity contribution in [1.29, 1.82) is 0 Å². The molecule has 4 rings (SSSR count). The largest absolute Gasteiger partial charge is 0.294 e. The number of hydrogen-bond acceptors (Lipinski definition) is 2. The van der Waals surface area contributed by atoms with Gasteiger partial charge in [0.05, 0.1) is 0 Å². The molecule has 1 amide bonds. The summed E-state index contributed by atoms with van der Waals surface area (Å²) in [7, 11) is 0. The molecule has 17 heavy (non-hydrogen) atoms. The Morgan fingerprint density at radius 3 is 2.24 bits per heavy atom. The minimum atomic E-state index is 0.0270. The normalized spacial score (nSPS) is 51.6. The third kappa shape index (κ3) is 1.79. The van der Waals surface area contributed by atoms with Crippen molar-refractivity contribution in [3.63, 3.8) is 0 Å². The zero-order valence-corrected chi connectivity index (χ0v) is 11.0. The molecule has 4 aliphatic rings. The highest BCUT2D eigenvalue weighted by Crippen LogP contribution is 2.70. The molecule has 4 fully saturated rings. The molecule has 0 heterocycles. The van der Waals surface area contributed by atoms with Crippen molar-refractivity contribution in [2.75, 3.05) is 0 Å². The summed E-state index contributed by atoms with van der Waals surface area (Å²) in [5.74, 6) is 6.15. The van der Waals surface area contributed by atoms with E-state index in [0.29, 0.717) is 17.3 Å². The van der Waals surface area contributed by atoms with E-state index in [1.165, 1.54) is 38.5 Å². The lowest BCUT2D eigenvalue weighted by atomic mass is 9.40. The first-order valence-corrected chi connectivity index (χ1v) is 6.86. The molecule has 3 heteroatoms. The molecule has 0 saturated heterocycles. The summed E-state index contributed by atoms with van der Waals surface area (Å²) in [4.78, 5) is 11.7. The minimum absolute atomic E-state index is 0.0270. The van der Waals surface area contributed by atoms with E-state index < -0.39 is 0 Å². The highest BCUT2D eigenvalue weighted by molar-refractivity contribution is 5.76. The van der Waals surface area contributed by atoms with Gasteiger partial charge in [0.1, 0.15) is 0 Å². The Hall–Kier alpha value is -0.570. The second-order valence-corrected chi connectivity index (χ2v) is 7.87. The van der Waals surface area contributed by atoms with Crippen LogP contribution >= 0.6 is 0 Å². The van der Waals surface area contributed by atoms with Gasteiger partial charge >= 0.3 is 0 Å². The summed E-state index contributed by atoms with van der Waals surface area (Å²) < 4.78 is 0. The molecule has 4 saturated carbocycles. The summed E-state index contributed by atoms with van der Waals surface area (Å²) in [6.45, 7) is 4.87. The van der Waals surface area contributed by atoms with Gasteiger partial charge < -0.3 is 0 Å². The lowest BCUT2D eigenvalue weighted by molar-refractivity contribution is -0.156. The first kappa shape index (κ1) is 11.5. The molecule has 2 unspecified atom stereocenters. The number of carbonyl (C=O) groups excluding carboxylic acids is 1. The van der Waals surface area contributed by atoms with Gasteiger partial charge in [-0.2, -0.15) is 0 Å². The zero-order chi connectivity index (χ0) is 12.3. The van der Waals surface area contributed by atoms with Crippen LogP contribution in [0.1, 0.15) is 58.8 Å². The van der Waals surface area contributed by atoms with Crippen LogP contribution in [0.3, 0.4) is 0 Å². The SMILES string of the molecule is CC12CC3CC(C)(C1)CC(CC(=O)NN)(C3)C2. The fourth-order valence-corrected chi connectivity index (χ4v) is 6.27. The number of nitrogens with two attached hydrogens (primary N) is 1. The molecule has 0 aromatic carbocycles. The molecule has 3 nitrogen and oxygen atoms in total.